The predicted molar refractivity (Wildman–Crippen MR) is 306 cm³/mol. The molecule has 1 aliphatic rings. The molecule has 0 unspecified atom stereocenters. The Bertz CT molecular complexity index is 2240. The molecule has 3 N–H and O–H groups in total. The lowest BCUT2D eigenvalue weighted by Crippen LogP contribution is -2.68. The minimum Gasteiger partial charge on any atom is -0.452 e. The number of benzene rings is 3. The van der Waals surface area contributed by atoms with Crippen LogP contribution in [0.15, 0.2) is 103 Å². The fourth-order valence-electron chi connectivity index (χ4n) is 9.84. The number of hydrogen-bond acceptors (Lipinski definition) is 13. The van der Waals surface area contributed by atoms with Crippen LogP contribution >= 0.6 is 0 Å². The van der Waals surface area contributed by atoms with Crippen LogP contribution in [0.25, 0.3) is 0 Å². The number of carboxylic acid groups (broad SMARTS) is 2. The van der Waals surface area contributed by atoms with E-state index in [1.807, 2.05) is 6.08 Å². The van der Waals surface area contributed by atoms with E-state index in [4.69, 9.17) is 33.2 Å². The number of nitrogens with one attached hydrogen (secondary N) is 1. The van der Waals surface area contributed by atoms with Gasteiger partial charge in [0.15, 0.2) is 18.3 Å². The van der Waals surface area contributed by atoms with Gasteiger partial charge >= 0.3 is 30.2 Å². The van der Waals surface area contributed by atoms with Gasteiger partial charge in [0, 0.05) is 6.42 Å². The van der Waals surface area contributed by atoms with Crippen LogP contribution in [0.4, 0.5) is 9.59 Å². The highest BCUT2D eigenvalue weighted by atomic mass is 16.8. The lowest BCUT2D eigenvalue weighted by molar-refractivity contribution is -0.355. The fourth-order valence-corrected chi connectivity index (χ4v) is 9.84. The first-order valence-electron chi connectivity index (χ1n) is 29.7. The molecule has 1 amide bonds. The highest BCUT2D eigenvalue weighted by Gasteiger charge is 2.60. The maximum Gasteiger partial charge on any atom is 0.506 e. The second-order valence-corrected chi connectivity index (χ2v) is 21.0. The molecule has 1 heterocycles. The van der Waals surface area contributed by atoms with Crippen molar-refractivity contribution >= 4 is 36.1 Å². The van der Waals surface area contributed by atoms with Crippen molar-refractivity contribution in [1.29, 1.82) is 0 Å². The summed E-state index contributed by atoms with van der Waals surface area (Å²) < 4.78 is 41.7. The minimum absolute atomic E-state index is 0.0384. The summed E-state index contributed by atoms with van der Waals surface area (Å²) in [5, 5.41) is 22.7. The van der Waals surface area contributed by atoms with Crippen molar-refractivity contribution in [3.05, 3.63) is 120 Å². The lowest BCUT2D eigenvalue weighted by atomic mass is 9.92. The second kappa shape index (κ2) is 39.2. The molecule has 0 bridgehead atoms. The number of carbonyl (C=O) groups is 6. The summed E-state index contributed by atoms with van der Waals surface area (Å²) in [5.41, 5.74) is 0.360. The van der Waals surface area contributed by atoms with Gasteiger partial charge in [0.25, 0.3) is 0 Å². The van der Waals surface area contributed by atoms with Crippen LogP contribution in [0, 0.1) is 0 Å². The number of hydrogen-bond donors (Lipinski definition) is 3. The quantitative estimate of drug-likeness (QED) is 0.0208. The molecular weight excluding hydrogens is 1020 g/mol. The van der Waals surface area contributed by atoms with E-state index in [1.54, 1.807) is 72.8 Å². The van der Waals surface area contributed by atoms with Gasteiger partial charge in [-0.1, -0.05) is 216 Å². The summed E-state index contributed by atoms with van der Waals surface area (Å²) in [6.45, 7) is 4.42. The zero-order valence-electron chi connectivity index (χ0n) is 47.8. The van der Waals surface area contributed by atoms with Crippen molar-refractivity contribution in [2.24, 2.45) is 0 Å². The Morgan fingerprint density at radius 3 is 1.45 bits per heavy atom. The van der Waals surface area contributed by atoms with E-state index >= 15 is 0 Å². The van der Waals surface area contributed by atoms with Crippen molar-refractivity contribution in [1.82, 2.24) is 5.32 Å². The topological polar surface area (TPSA) is 220 Å². The van der Waals surface area contributed by atoms with Gasteiger partial charge in [-0.25, -0.2) is 24.0 Å². The van der Waals surface area contributed by atoms with Gasteiger partial charge in [0.1, 0.15) is 18.8 Å². The number of carbonyl (C=O) groups excluding carboxylic acids is 4. The summed E-state index contributed by atoms with van der Waals surface area (Å²) in [6, 6.07) is 22.8. The highest BCUT2D eigenvalue weighted by Crippen LogP contribution is 2.38. The Balaban J connectivity index is 1.66. The number of ether oxygens (including phenoxy) is 7. The summed E-state index contributed by atoms with van der Waals surface area (Å²) in [7, 11) is 0. The number of esters is 3. The number of unbranched alkanes of at least 4 members (excludes halogenated alkanes) is 23. The average Bonchev–Trinajstić information content (AvgIpc) is 3.45. The van der Waals surface area contributed by atoms with Crippen molar-refractivity contribution in [3.8, 4) is 0 Å². The molecule has 0 radical (unpaired) electrons. The number of allylic oxidation sites excluding steroid dienone is 1. The van der Waals surface area contributed by atoms with Crippen LogP contribution in [-0.4, -0.2) is 102 Å². The zero-order chi connectivity index (χ0) is 57.6. The normalized spacial score (nSPS) is 18.6. The van der Waals surface area contributed by atoms with E-state index in [2.05, 4.69) is 19.2 Å². The molecule has 0 aromatic heterocycles. The fraction of sp³-hybridized carbons (Fsp3) is 0.594. The first-order chi connectivity index (χ1) is 38.8. The van der Waals surface area contributed by atoms with Crippen molar-refractivity contribution < 1.29 is 72.1 Å². The van der Waals surface area contributed by atoms with Crippen LogP contribution in [0.1, 0.15) is 219 Å². The Kier molecular flexibility index (Phi) is 32.5. The Morgan fingerprint density at radius 1 is 0.550 bits per heavy atom. The van der Waals surface area contributed by atoms with Gasteiger partial charge in [-0.2, -0.15) is 0 Å². The molecule has 1 saturated heterocycles. The molecule has 4 rings (SSSR count). The van der Waals surface area contributed by atoms with Gasteiger partial charge < -0.3 is 48.7 Å². The van der Waals surface area contributed by atoms with Gasteiger partial charge in [0.2, 0.25) is 11.7 Å². The SMILES string of the molecule is CCCCCCCCCCCCC/C=C/[C@@H](OC(=O)c1ccccc1)[C@H](CO[C@@]1(C)O[C@H](COC(=O)O)[C@H](OC(=O)O)[C@H](OC(=O)c2ccccc2)[C@H]1OC(=O)c1ccccc1)NC(=O)CCCCCCCCCCCCCCC. The van der Waals surface area contributed by atoms with E-state index in [-0.39, 0.29) is 29.0 Å². The minimum atomic E-state index is -2.26. The van der Waals surface area contributed by atoms with E-state index in [9.17, 15) is 39.0 Å². The van der Waals surface area contributed by atoms with Crippen molar-refractivity contribution in [2.75, 3.05) is 13.2 Å². The van der Waals surface area contributed by atoms with E-state index in [1.165, 1.54) is 128 Å². The van der Waals surface area contributed by atoms with Crippen LogP contribution in [-0.2, 0) is 38.0 Å². The molecule has 16 heteroatoms. The lowest BCUT2D eigenvalue weighted by Gasteiger charge is -2.49. The molecule has 80 heavy (non-hydrogen) atoms. The summed E-state index contributed by atoms with van der Waals surface area (Å²) in [5.74, 6) is -5.21. The molecule has 7 atom stereocenters. The molecule has 0 spiro atoms. The van der Waals surface area contributed by atoms with Gasteiger partial charge in [0.05, 0.1) is 29.3 Å². The Labute approximate surface area is 475 Å². The zero-order valence-corrected chi connectivity index (χ0v) is 47.8. The summed E-state index contributed by atoms with van der Waals surface area (Å²) in [6.07, 6.45) is 20.1. The smallest absolute Gasteiger partial charge is 0.452 e. The monoisotopic (exact) mass is 1110 g/mol. The molecule has 3 aromatic carbocycles. The third kappa shape index (κ3) is 25.9. The van der Waals surface area contributed by atoms with Gasteiger partial charge in [-0.3, -0.25) is 4.79 Å². The number of amides is 1. The number of rotatable bonds is 41. The Hall–Kier alpha value is -6.26. The average molecular weight is 1110 g/mol. The first kappa shape index (κ1) is 66.3. The van der Waals surface area contributed by atoms with Crippen molar-refractivity contribution in [3.63, 3.8) is 0 Å². The van der Waals surface area contributed by atoms with E-state index in [0.717, 1.165) is 51.4 Å². The molecule has 1 fully saturated rings. The standard InChI is InChI=1S/C64H91NO15/c1-4-6-8-10-12-14-16-18-20-22-24-26-37-45-53(76-59(67)49-39-31-28-32-40-49)52(65-55(66)46-38-27-25-23-21-19-17-15-13-11-9-7-5-2)47-75-64(3)58(79-61(69)51-43-35-30-36-44-51)57(77-60(68)50-41-33-29-34-42-50)56(78-63(72)73)54(80-64)48-74-62(70)71/h28-37,39-45,52-54,56-58H,4-27,38,46-48H2,1-3H3,(H,65,66)(H,70,71)(H,72,73)/b45-37+/t52-,53+,54+,56-,57-,58+,64-/m0/s1. The molecule has 0 saturated carbocycles. The largest absolute Gasteiger partial charge is 0.506 e. The first-order valence-corrected chi connectivity index (χ1v) is 29.7. The third-order valence-electron chi connectivity index (χ3n) is 14.3. The third-order valence-corrected chi connectivity index (χ3v) is 14.3. The molecule has 0 aliphatic carbocycles. The molecule has 442 valence electrons. The van der Waals surface area contributed by atoms with Gasteiger partial charge in [-0.05, 0) is 68.7 Å². The summed E-state index contributed by atoms with van der Waals surface area (Å²) >= 11 is 0. The molecular formula is C64H91NO15. The Morgan fingerprint density at radius 2 is 0.988 bits per heavy atom. The van der Waals surface area contributed by atoms with E-state index in [0.29, 0.717) is 12.8 Å². The van der Waals surface area contributed by atoms with Crippen LogP contribution < -0.4 is 5.32 Å². The van der Waals surface area contributed by atoms with Crippen LogP contribution in [0.5, 0.6) is 0 Å². The maximum atomic E-state index is 14.1. The molecule has 16 nitrogen and oxygen atoms in total. The van der Waals surface area contributed by atoms with Gasteiger partial charge in [-0.15, -0.1) is 0 Å². The van der Waals surface area contributed by atoms with Crippen molar-refractivity contribution in [2.45, 2.75) is 230 Å². The molecule has 1 aliphatic heterocycles. The second-order valence-electron chi connectivity index (χ2n) is 21.0. The van der Waals surface area contributed by atoms with E-state index < -0.39 is 85.8 Å². The summed E-state index contributed by atoms with van der Waals surface area (Å²) in [4.78, 5) is 80.4. The highest BCUT2D eigenvalue weighted by molar-refractivity contribution is 5.91. The predicted octanol–water partition coefficient (Wildman–Crippen LogP) is 14.8. The van der Waals surface area contributed by atoms with Crippen LogP contribution in [0.3, 0.4) is 0 Å². The van der Waals surface area contributed by atoms with Crippen LogP contribution in [0.2, 0.25) is 0 Å². The molecule has 3 aromatic rings. The maximum absolute atomic E-state index is 14.1.